The Hall–Kier alpha value is -1.90. The Morgan fingerprint density at radius 1 is 1.12 bits per heavy atom. The van der Waals surface area contributed by atoms with Crippen LogP contribution in [-0.2, 0) is 6.54 Å². The molecule has 0 amide bonds. The van der Waals surface area contributed by atoms with Crippen molar-refractivity contribution in [3.63, 3.8) is 0 Å². The lowest BCUT2D eigenvalue weighted by Crippen LogP contribution is -2.05. The maximum absolute atomic E-state index is 14.4. The number of hydrogen-bond donors (Lipinski definition) is 2. The molecule has 2 aromatic carbocycles. The van der Waals surface area contributed by atoms with Gasteiger partial charge in [-0.1, -0.05) is 17.7 Å². The Bertz CT molecular complexity index is 855. The first-order valence-electron chi connectivity index (χ1n) is 7.02. The number of nitrogens with one attached hydrogen (secondary N) is 2. The topological polar surface area (TPSA) is 37.0 Å². The SMILES string of the molecule is Fc1cccc(F)c1CNc1ccc(SNc2cscn2)c(F)c1Cl. The highest BCUT2D eigenvalue weighted by Gasteiger charge is 2.14. The van der Waals surface area contributed by atoms with Gasteiger partial charge >= 0.3 is 0 Å². The Balaban J connectivity index is 1.71. The van der Waals surface area contributed by atoms with E-state index in [2.05, 4.69) is 15.0 Å². The Labute approximate surface area is 155 Å². The van der Waals surface area contributed by atoms with Gasteiger partial charge in [0, 0.05) is 17.5 Å². The van der Waals surface area contributed by atoms with Crippen LogP contribution in [0.4, 0.5) is 24.7 Å². The van der Waals surface area contributed by atoms with Crippen LogP contribution < -0.4 is 10.0 Å². The average Bonchev–Trinajstić information content (AvgIpc) is 3.10. The minimum absolute atomic E-state index is 0.136. The molecule has 0 aliphatic heterocycles. The van der Waals surface area contributed by atoms with Crippen molar-refractivity contribution in [2.24, 2.45) is 0 Å². The van der Waals surface area contributed by atoms with Crippen molar-refractivity contribution in [3.8, 4) is 0 Å². The summed E-state index contributed by atoms with van der Waals surface area (Å²) in [7, 11) is 0. The monoisotopic (exact) mass is 401 g/mol. The molecule has 3 aromatic rings. The zero-order valence-electron chi connectivity index (χ0n) is 12.5. The van der Waals surface area contributed by atoms with Crippen LogP contribution in [0.2, 0.25) is 5.02 Å². The van der Waals surface area contributed by atoms with Crippen molar-refractivity contribution in [2.45, 2.75) is 11.4 Å². The van der Waals surface area contributed by atoms with Gasteiger partial charge in [-0.3, -0.25) is 0 Å². The zero-order chi connectivity index (χ0) is 17.8. The number of thiazole rings is 1. The third kappa shape index (κ3) is 4.20. The molecule has 0 aliphatic rings. The highest BCUT2D eigenvalue weighted by molar-refractivity contribution is 8.00. The second-order valence-electron chi connectivity index (χ2n) is 4.87. The summed E-state index contributed by atoms with van der Waals surface area (Å²) in [6.45, 7) is -0.152. The molecule has 1 aromatic heterocycles. The minimum Gasteiger partial charge on any atom is -0.379 e. The molecule has 3 rings (SSSR count). The molecule has 0 unspecified atom stereocenters. The maximum Gasteiger partial charge on any atom is 0.159 e. The fourth-order valence-electron chi connectivity index (χ4n) is 2.00. The molecule has 0 atom stereocenters. The summed E-state index contributed by atoms with van der Waals surface area (Å²) in [5.74, 6) is -1.37. The molecule has 0 bridgehead atoms. The first kappa shape index (κ1) is 17.9. The fraction of sp³-hybridized carbons (Fsp3) is 0.0625. The van der Waals surface area contributed by atoms with E-state index in [1.165, 1.54) is 23.5 Å². The van der Waals surface area contributed by atoms with Gasteiger partial charge in [0.05, 0.1) is 16.1 Å². The van der Waals surface area contributed by atoms with Gasteiger partial charge < -0.3 is 10.0 Å². The molecule has 0 aliphatic carbocycles. The van der Waals surface area contributed by atoms with Crippen LogP contribution in [0.1, 0.15) is 5.56 Å². The van der Waals surface area contributed by atoms with E-state index in [-0.39, 0.29) is 27.7 Å². The van der Waals surface area contributed by atoms with Gasteiger partial charge in [-0.15, -0.1) is 11.3 Å². The number of benzene rings is 2. The van der Waals surface area contributed by atoms with Crippen LogP contribution in [0.25, 0.3) is 0 Å². The van der Waals surface area contributed by atoms with Gasteiger partial charge in [0.15, 0.2) is 5.82 Å². The molecule has 1 heterocycles. The number of hydrogen-bond acceptors (Lipinski definition) is 5. The van der Waals surface area contributed by atoms with E-state index in [1.54, 1.807) is 17.0 Å². The van der Waals surface area contributed by atoms with E-state index < -0.39 is 17.5 Å². The van der Waals surface area contributed by atoms with Crippen molar-refractivity contribution in [1.29, 1.82) is 0 Å². The molecule has 130 valence electrons. The van der Waals surface area contributed by atoms with Gasteiger partial charge in [0.1, 0.15) is 22.5 Å². The lowest BCUT2D eigenvalue weighted by Gasteiger charge is -2.12. The molecule has 0 saturated carbocycles. The number of nitrogens with zero attached hydrogens (tertiary/aromatic N) is 1. The third-order valence-corrected chi connectivity index (χ3v) is 5.06. The summed E-state index contributed by atoms with van der Waals surface area (Å²) in [6, 6.07) is 6.67. The summed E-state index contributed by atoms with van der Waals surface area (Å²) in [4.78, 5) is 4.31. The van der Waals surface area contributed by atoms with Crippen LogP contribution in [0.15, 0.2) is 46.1 Å². The number of halogens is 4. The van der Waals surface area contributed by atoms with E-state index in [9.17, 15) is 13.2 Å². The van der Waals surface area contributed by atoms with Gasteiger partial charge in [-0.05, 0) is 36.2 Å². The second-order valence-corrected chi connectivity index (χ2v) is 6.82. The summed E-state index contributed by atoms with van der Waals surface area (Å²) in [5.41, 5.74) is 1.77. The Morgan fingerprint density at radius 2 is 1.88 bits per heavy atom. The molecule has 0 spiro atoms. The molecular weight excluding hydrogens is 391 g/mol. The van der Waals surface area contributed by atoms with Crippen molar-refractivity contribution in [3.05, 3.63) is 69.3 Å². The first-order valence-corrected chi connectivity index (χ1v) is 9.16. The number of rotatable bonds is 6. The van der Waals surface area contributed by atoms with Gasteiger partial charge in [0.25, 0.3) is 0 Å². The van der Waals surface area contributed by atoms with Crippen LogP contribution >= 0.6 is 34.9 Å². The minimum atomic E-state index is -0.677. The first-order chi connectivity index (χ1) is 12.1. The molecule has 0 radical (unpaired) electrons. The predicted octanol–water partition coefficient (Wildman–Crippen LogP) is 5.95. The molecular formula is C16H11ClF3N3S2. The number of anilines is 2. The van der Waals surface area contributed by atoms with E-state index in [1.807, 2.05) is 0 Å². The standard InChI is InChI=1S/C16H11ClF3N3S2/c17-15-12(21-6-9-10(18)2-1-3-11(9)19)4-5-13(16(15)20)25-23-14-7-24-8-22-14/h1-5,7-8,21,23H,6H2. The zero-order valence-corrected chi connectivity index (χ0v) is 14.9. The van der Waals surface area contributed by atoms with Crippen molar-refractivity contribution < 1.29 is 13.2 Å². The highest BCUT2D eigenvalue weighted by atomic mass is 35.5. The average molecular weight is 402 g/mol. The summed E-state index contributed by atoms with van der Waals surface area (Å²) in [5, 5.41) is 4.39. The fourth-order valence-corrected chi connectivity index (χ4v) is 3.50. The molecule has 0 fully saturated rings. The third-order valence-electron chi connectivity index (χ3n) is 3.26. The normalized spacial score (nSPS) is 10.7. The summed E-state index contributed by atoms with van der Waals surface area (Å²) >= 11 is 8.47. The van der Waals surface area contributed by atoms with E-state index in [0.29, 0.717) is 5.82 Å². The molecule has 2 N–H and O–H groups in total. The van der Waals surface area contributed by atoms with Crippen molar-refractivity contribution >= 4 is 46.4 Å². The highest BCUT2D eigenvalue weighted by Crippen LogP contribution is 2.33. The predicted molar refractivity (Wildman–Crippen MR) is 96.7 cm³/mol. The lowest BCUT2D eigenvalue weighted by atomic mass is 10.2. The second kappa shape index (κ2) is 7.99. The van der Waals surface area contributed by atoms with E-state index >= 15 is 0 Å². The lowest BCUT2D eigenvalue weighted by molar-refractivity contribution is 0.560. The van der Waals surface area contributed by atoms with Gasteiger partial charge in [-0.2, -0.15) is 0 Å². The van der Waals surface area contributed by atoms with E-state index in [4.69, 9.17) is 11.6 Å². The molecule has 3 nitrogen and oxygen atoms in total. The van der Waals surface area contributed by atoms with Crippen LogP contribution in [0.5, 0.6) is 0 Å². The van der Waals surface area contributed by atoms with Crippen LogP contribution in [-0.4, -0.2) is 4.98 Å². The molecule has 25 heavy (non-hydrogen) atoms. The summed E-state index contributed by atoms with van der Waals surface area (Å²) in [6.07, 6.45) is 0. The Kier molecular flexibility index (Phi) is 5.72. The number of aromatic nitrogens is 1. The smallest absolute Gasteiger partial charge is 0.159 e. The quantitative estimate of drug-likeness (QED) is 0.501. The molecule has 9 heteroatoms. The van der Waals surface area contributed by atoms with Crippen LogP contribution in [0, 0.1) is 17.5 Å². The van der Waals surface area contributed by atoms with Gasteiger partial charge in [0.2, 0.25) is 0 Å². The molecule has 0 saturated heterocycles. The van der Waals surface area contributed by atoms with Crippen molar-refractivity contribution in [2.75, 3.05) is 10.0 Å². The van der Waals surface area contributed by atoms with Crippen molar-refractivity contribution in [1.82, 2.24) is 4.98 Å². The maximum atomic E-state index is 14.4. The van der Waals surface area contributed by atoms with Crippen LogP contribution in [0.3, 0.4) is 0 Å². The summed E-state index contributed by atoms with van der Waals surface area (Å²) < 4.78 is 44.5. The Morgan fingerprint density at radius 3 is 2.56 bits per heavy atom. The van der Waals surface area contributed by atoms with E-state index in [0.717, 1.165) is 24.1 Å². The van der Waals surface area contributed by atoms with Gasteiger partial charge in [-0.25, -0.2) is 18.2 Å². The largest absolute Gasteiger partial charge is 0.379 e.